The minimum Gasteiger partial charge on any atom is -0.256 e. The molecule has 30 heavy (non-hydrogen) atoms. The van der Waals surface area contributed by atoms with Crippen molar-refractivity contribution in [2.75, 3.05) is 0 Å². The third kappa shape index (κ3) is 2.00. The van der Waals surface area contributed by atoms with Crippen LogP contribution in [0.4, 0.5) is 0 Å². The largest absolute Gasteiger partial charge is 0.256 e. The van der Waals surface area contributed by atoms with Crippen molar-refractivity contribution in [1.29, 1.82) is 0 Å². The smallest absolute Gasteiger partial charge is 0.0742 e. The summed E-state index contributed by atoms with van der Waals surface area (Å²) in [5.41, 5.74) is 5.09. The van der Waals surface area contributed by atoms with Gasteiger partial charge in [0, 0.05) is 22.6 Å². The van der Waals surface area contributed by atoms with Crippen LogP contribution in [0.2, 0.25) is 0 Å². The molecule has 0 atom stereocenters. The fourth-order valence-electron chi connectivity index (χ4n) is 5.62. The van der Waals surface area contributed by atoms with Gasteiger partial charge in [-0.3, -0.25) is 4.98 Å². The summed E-state index contributed by atoms with van der Waals surface area (Å²) >= 11 is 0. The molecule has 5 aromatic rings. The van der Waals surface area contributed by atoms with E-state index in [2.05, 4.69) is 100 Å². The average Bonchev–Trinajstić information content (AvgIpc) is 2.77. The van der Waals surface area contributed by atoms with Crippen molar-refractivity contribution in [2.24, 2.45) is 0 Å². The Balaban J connectivity index is 1.94. The Morgan fingerprint density at radius 3 is 1.80 bits per heavy atom. The second kappa shape index (κ2) is 5.70. The number of hydrogen-bond donors (Lipinski definition) is 0. The Morgan fingerprint density at radius 1 is 0.567 bits per heavy atom. The van der Waals surface area contributed by atoms with Crippen LogP contribution in [0.1, 0.15) is 38.8 Å². The highest BCUT2D eigenvalue weighted by Crippen LogP contribution is 2.56. The van der Waals surface area contributed by atoms with Gasteiger partial charge >= 0.3 is 0 Å². The lowest BCUT2D eigenvalue weighted by atomic mass is 9.55. The van der Waals surface area contributed by atoms with Crippen molar-refractivity contribution in [3.8, 4) is 11.3 Å². The van der Waals surface area contributed by atoms with Crippen LogP contribution in [0, 0.1) is 0 Å². The molecule has 1 aliphatic rings. The molecule has 0 aliphatic heterocycles. The molecule has 1 heterocycles. The lowest BCUT2D eigenvalue weighted by Crippen LogP contribution is -2.44. The summed E-state index contributed by atoms with van der Waals surface area (Å²) in [6.07, 6.45) is 1.93. The molecule has 0 spiro atoms. The van der Waals surface area contributed by atoms with Gasteiger partial charge in [0.2, 0.25) is 0 Å². The molecule has 4 aromatic carbocycles. The van der Waals surface area contributed by atoms with Gasteiger partial charge in [0.1, 0.15) is 0 Å². The van der Waals surface area contributed by atoms with Gasteiger partial charge in [0.25, 0.3) is 0 Å². The maximum absolute atomic E-state index is 4.87. The zero-order valence-corrected chi connectivity index (χ0v) is 18.0. The second-order valence-corrected chi connectivity index (χ2v) is 9.65. The molecule has 6 rings (SSSR count). The molecule has 0 radical (unpaired) electrons. The predicted molar refractivity (Wildman–Crippen MR) is 128 cm³/mol. The molecule has 0 amide bonds. The standard InChI is InChI=1S/C29H25N/c1-28(2)24-14-9-17-30-27(24)23-16-15-22-20-12-6-5-10-18(20)19-11-7-8-13-21(19)25(22)26(23)29(28,3)4/h5-17H,1-4H3. The summed E-state index contributed by atoms with van der Waals surface area (Å²) in [6.45, 7) is 9.56. The monoisotopic (exact) mass is 387 g/mol. The van der Waals surface area contributed by atoms with Crippen molar-refractivity contribution in [1.82, 2.24) is 4.98 Å². The molecule has 1 aliphatic carbocycles. The highest BCUT2D eigenvalue weighted by Gasteiger charge is 2.47. The number of aromatic nitrogens is 1. The van der Waals surface area contributed by atoms with E-state index in [4.69, 9.17) is 4.98 Å². The molecule has 0 saturated heterocycles. The summed E-state index contributed by atoms with van der Waals surface area (Å²) in [5.74, 6) is 0. The van der Waals surface area contributed by atoms with E-state index < -0.39 is 0 Å². The van der Waals surface area contributed by atoms with E-state index in [1.165, 1.54) is 49.0 Å². The van der Waals surface area contributed by atoms with Crippen molar-refractivity contribution in [3.63, 3.8) is 0 Å². The van der Waals surface area contributed by atoms with Crippen LogP contribution in [-0.4, -0.2) is 4.98 Å². The zero-order chi connectivity index (χ0) is 20.7. The lowest BCUT2D eigenvalue weighted by Gasteiger charge is -2.48. The molecule has 146 valence electrons. The van der Waals surface area contributed by atoms with E-state index in [1.807, 2.05) is 6.20 Å². The van der Waals surface area contributed by atoms with Gasteiger partial charge in [-0.25, -0.2) is 0 Å². The fraction of sp³-hybridized carbons (Fsp3) is 0.207. The summed E-state index contributed by atoms with van der Waals surface area (Å²) < 4.78 is 0. The molecule has 0 unspecified atom stereocenters. The van der Waals surface area contributed by atoms with Crippen LogP contribution in [0.15, 0.2) is 79.0 Å². The molecular formula is C29H25N. The van der Waals surface area contributed by atoms with Gasteiger partial charge in [-0.2, -0.15) is 0 Å². The fourth-order valence-corrected chi connectivity index (χ4v) is 5.62. The first-order chi connectivity index (χ1) is 14.4. The first-order valence-electron chi connectivity index (χ1n) is 10.8. The SMILES string of the molecule is CC1(C)c2cccnc2-c2ccc3c4ccccc4c4ccccc4c3c2C1(C)C. The Hall–Kier alpha value is -3.19. The van der Waals surface area contributed by atoms with Gasteiger partial charge in [0.05, 0.1) is 5.69 Å². The normalized spacial score (nSPS) is 16.5. The third-order valence-electron chi connectivity index (χ3n) is 7.83. The number of nitrogens with zero attached hydrogens (tertiary/aromatic N) is 1. The zero-order valence-electron chi connectivity index (χ0n) is 18.0. The Morgan fingerprint density at radius 2 is 1.13 bits per heavy atom. The second-order valence-electron chi connectivity index (χ2n) is 9.65. The topological polar surface area (TPSA) is 12.9 Å². The first kappa shape index (κ1) is 17.7. The molecule has 1 nitrogen and oxygen atoms in total. The summed E-state index contributed by atoms with van der Waals surface area (Å²) in [4.78, 5) is 4.87. The highest BCUT2D eigenvalue weighted by molar-refractivity contribution is 6.27. The minimum absolute atomic E-state index is 0.0371. The molecular weight excluding hydrogens is 362 g/mol. The van der Waals surface area contributed by atoms with Crippen LogP contribution in [0.25, 0.3) is 43.6 Å². The van der Waals surface area contributed by atoms with E-state index in [0.29, 0.717) is 0 Å². The van der Waals surface area contributed by atoms with E-state index in [1.54, 1.807) is 0 Å². The molecule has 0 bridgehead atoms. The highest BCUT2D eigenvalue weighted by atomic mass is 14.7. The van der Waals surface area contributed by atoms with Gasteiger partial charge in [-0.05, 0) is 49.5 Å². The first-order valence-corrected chi connectivity index (χ1v) is 10.8. The van der Waals surface area contributed by atoms with E-state index in [-0.39, 0.29) is 10.8 Å². The summed E-state index contributed by atoms with van der Waals surface area (Å²) in [6, 6.07) is 26.7. The van der Waals surface area contributed by atoms with Crippen molar-refractivity contribution in [2.45, 2.75) is 38.5 Å². The third-order valence-corrected chi connectivity index (χ3v) is 7.83. The summed E-state index contributed by atoms with van der Waals surface area (Å²) in [5, 5.41) is 8.05. The number of rotatable bonds is 0. The predicted octanol–water partition coefficient (Wildman–Crippen LogP) is 7.78. The Kier molecular flexibility index (Phi) is 3.35. The lowest BCUT2D eigenvalue weighted by molar-refractivity contribution is 0.300. The van der Waals surface area contributed by atoms with Crippen molar-refractivity contribution in [3.05, 3.63) is 90.1 Å². The Labute approximate surface area is 177 Å². The number of fused-ring (bicyclic) bond motifs is 10. The number of pyridine rings is 1. The van der Waals surface area contributed by atoms with Crippen molar-refractivity contribution < 1.29 is 0 Å². The molecule has 1 heteroatoms. The van der Waals surface area contributed by atoms with Gasteiger partial charge in [0.15, 0.2) is 0 Å². The van der Waals surface area contributed by atoms with Crippen LogP contribution in [-0.2, 0) is 10.8 Å². The quantitative estimate of drug-likeness (QED) is 0.247. The van der Waals surface area contributed by atoms with Crippen LogP contribution < -0.4 is 0 Å². The van der Waals surface area contributed by atoms with E-state index in [0.717, 1.165) is 5.69 Å². The molecule has 0 fully saturated rings. The molecule has 0 saturated carbocycles. The van der Waals surface area contributed by atoms with E-state index >= 15 is 0 Å². The average molecular weight is 388 g/mol. The number of hydrogen-bond acceptors (Lipinski definition) is 1. The van der Waals surface area contributed by atoms with Gasteiger partial charge < -0.3 is 0 Å². The maximum Gasteiger partial charge on any atom is 0.0742 e. The summed E-state index contributed by atoms with van der Waals surface area (Å²) in [7, 11) is 0. The Bertz CT molecular complexity index is 1450. The molecule has 1 aromatic heterocycles. The molecule has 0 N–H and O–H groups in total. The van der Waals surface area contributed by atoms with Crippen LogP contribution in [0.5, 0.6) is 0 Å². The van der Waals surface area contributed by atoms with E-state index in [9.17, 15) is 0 Å². The van der Waals surface area contributed by atoms with Gasteiger partial charge in [-0.1, -0.05) is 94.4 Å². The van der Waals surface area contributed by atoms with Crippen LogP contribution >= 0.6 is 0 Å². The van der Waals surface area contributed by atoms with Crippen molar-refractivity contribution >= 4 is 32.3 Å². The van der Waals surface area contributed by atoms with Crippen LogP contribution in [0.3, 0.4) is 0 Å². The maximum atomic E-state index is 4.87. The minimum atomic E-state index is -0.0525. The van der Waals surface area contributed by atoms with Gasteiger partial charge in [-0.15, -0.1) is 0 Å². The number of benzene rings is 4.